The van der Waals surface area contributed by atoms with Gasteiger partial charge in [-0.3, -0.25) is 13.9 Å². The third-order valence-electron chi connectivity index (χ3n) is 5.18. The van der Waals surface area contributed by atoms with Crippen LogP contribution in [0.5, 0.6) is 5.88 Å². The van der Waals surface area contributed by atoms with Gasteiger partial charge < -0.3 is 5.11 Å². The average Bonchev–Trinajstić information content (AvgIpc) is 3.21. The van der Waals surface area contributed by atoms with Crippen molar-refractivity contribution in [3.63, 3.8) is 0 Å². The highest BCUT2D eigenvalue weighted by molar-refractivity contribution is 7.22. The van der Waals surface area contributed by atoms with E-state index in [0.29, 0.717) is 16.5 Å². The van der Waals surface area contributed by atoms with E-state index in [9.17, 15) is 14.7 Å². The van der Waals surface area contributed by atoms with E-state index in [1.807, 2.05) is 54.6 Å². The van der Waals surface area contributed by atoms with Crippen LogP contribution in [0.15, 0.2) is 73.7 Å². The summed E-state index contributed by atoms with van der Waals surface area (Å²) >= 11 is 1.43. The summed E-state index contributed by atoms with van der Waals surface area (Å²) in [6.07, 6.45) is 3.35. The molecule has 0 aliphatic carbocycles. The minimum absolute atomic E-state index is 0.0209. The highest BCUT2D eigenvalue weighted by Gasteiger charge is 2.17. The van der Waals surface area contributed by atoms with Crippen LogP contribution in [0, 0.1) is 0 Å². The first kappa shape index (κ1) is 19.8. The summed E-state index contributed by atoms with van der Waals surface area (Å²) in [7, 11) is 2.77. The van der Waals surface area contributed by atoms with Gasteiger partial charge in [-0.1, -0.05) is 41.7 Å². The van der Waals surface area contributed by atoms with Crippen LogP contribution < -0.4 is 21.8 Å². The van der Waals surface area contributed by atoms with Gasteiger partial charge in [0.2, 0.25) is 11.0 Å². The predicted octanol–water partition coefficient (Wildman–Crippen LogP) is 1.63. The molecule has 2 aromatic heterocycles. The molecule has 3 heterocycles. The molecular formula is C23H17N5O3S. The van der Waals surface area contributed by atoms with Crippen molar-refractivity contribution in [1.29, 1.82) is 0 Å². The number of thiazole rings is 1. The lowest BCUT2D eigenvalue weighted by Crippen LogP contribution is -2.38. The van der Waals surface area contributed by atoms with E-state index >= 15 is 0 Å². The van der Waals surface area contributed by atoms with Crippen LogP contribution in [0.1, 0.15) is 5.56 Å². The number of aromatic hydroxyl groups is 1. The highest BCUT2D eigenvalue weighted by Crippen LogP contribution is 2.29. The van der Waals surface area contributed by atoms with Crippen molar-refractivity contribution in [2.45, 2.75) is 0 Å². The number of aromatic nitrogens is 3. The van der Waals surface area contributed by atoms with E-state index in [0.717, 1.165) is 29.9 Å². The fourth-order valence-electron chi connectivity index (χ4n) is 3.46. The topological polar surface area (TPSA) is 102 Å². The normalized spacial score (nSPS) is 15.6. The molecule has 1 N–H and O–H groups in total. The van der Waals surface area contributed by atoms with Crippen molar-refractivity contribution in [2.75, 3.05) is 0 Å². The SMILES string of the molecule is Cn1c(O)c(/C=C2\C=c3ccccc3=N\C2=N\c2nc3ccccc3s2)c(=O)n(C)c1=O. The van der Waals surface area contributed by atoms with Crippen LogP contribution in [0.2, 0.25) is 0 Å². The Balaban J connectivity index is 1.77. The summed E-state index contributed by atoms with van der Waals surface area (Å²) in [6, 6.07) is 15.3. The Bertz CT molecular complexity index is 1670. The maximum absolute atomic E-state index is 12.7. The molecule has 32 heavy (non-hydrogen) atoms. The smallest absolute Gasteiger partial charge is 0.333 e. The molecule has 158 valence electrons. The van der Waals surface area contributed by atoms with Crippen molar-refractivity contribution in [3.05, 3.63) is 91.1 Å². The maximum atomic E-state index is 12.7. The second kappa shape index (κ2) is 7.54. The number of aliphatic imine (C=N–C) groups is 1. The molecule has 9 heteroatoms. The highest BCUT2D eigenvalue weighted by atomic mass is 32.1. The first-order valence-corrected chi connectivity index (χ1v) is 10.5. The second-order valence-electron chi connectivity index (χ2n) is 7.26. The Morgan fingerprint density at radius 3 is 2.59 bits per heavy atom. The van der Waals surface area contributed by atoms with Gasteiger partial charge in [-0.15, -0.1) is 0 Å². The molecule has 0 saturated heterocycles. The van der Waals surface area contributed by atoms with Gasteiger partial charge in [0, 0.05) is 24.9 Å². The molecule has 0 radical (unpaired) electrons. The Hall–Kier alpha value is -4.11. The molecule has 0 spiro atoms. The molecule has 0 bridgehead atoms. The van der Waals surface area contributed by atoms with Crippen molar-refractivity contribution >= 4 is 44.7 Å². The molecule has 5 rings (SSSR count). The van der Waals surface area contributed by atoms with Crippen molar-refractivity contribution in [1.82, 2.24) is 14.1 Å². The molecule has 2 aromatic carbocycles. The number of benzene rings is 2. The van der Waals surface area contributed by atoms with Crippen molar-refractivity contribution in [2.24, 2.45) is 24.1 Å². The standard InChI is InChI=1S/C23H17N5O3S/c1-27-20(29)15(21(30)28(2)23(27)31)12-14-11-13-7-3-4-8-16(13)24-19(14)26-22-25-17-9-5-6-10-18(17)32-22/h3-12,29H,1-2H3/b14-12+,26-19+. The number of hydrogen-bond acceptors (Lipinski definition) is 6. The second-order valence-corrected chi connectivity index (χ2v) is 8.27. The third-order valence-corrected chi connectivity index (χ3v) is 6.11. The Kier molecular flexibility index (Phi) is 4.67. The predicted molar refractivity (Wildman–Crippen MR) is 125 cm³/mol. The molecule has 1 aliphatic rings. The van der Waals surface area contributed by atoms with Crippen LogP contribution in [0.4, 0.5) is 5.13 Å². The Morgan fingerprint density at radius 2 is 1.78 bits per heavy atom. The molecular weight excluding hydrogens is 426 g/mol. The van der Waals surface area contributed by atoms with Crippen LogP contribution in [-0.4, -0.2) is 25.1 Å². The van der Waals surface area contributed by atoms with Crippen LogP contribution in [0.3, 0.4) is 0 Å². The first-order chi connectivity index (χ1) is 15.4. The number of amidine groups is 1. The molecule has 0 saturated carbocycles. The van der Waals surface area contributed by atoms with E-state index in [1.54, 1.807) is 0 Å². The molecule has 4 aromatic rings. The van der Waals surface area contributed by atoms with E-state index in [2.05, 4.69) is 15.0 Å². The van der Waals surface area contributed by atoms with Crippen LogP contribution >= 0.6 is 11.3 Å². The Morgan fingerprint density at radius 1 is 1.03 bits per heavy atom. The number of rotatable bonds is 2. The van der Waals surface area contributed by atoms with Gasteiger partial charge in [0.25, 0.3) is 5.56 Å². The molecule has 8 nitrogen and oxygen atoms in total. The summed E-state index contributed by atoms with van der Waals surface area (Å²) in [5, 5.41) is 12.6. The lowest BCUT2D eigenvalue weighted by molar-refractivity contribution is 0.410. The zero-order valence-corrected chi connectivity index (χ0v) is 18.0. The minimum Gasteiger partial charge on any atom is -0.494 e. The number of para-hydroxylation sites is 2. The fourth-order valence-corrected chi connectivity index (χ4v) is 4.30. The third kappa shape index (κ3) is 3.28. The summed E-state index contributed by atoms with van der Waals surface area (Å²) in [6.45, 7) is 0. The molecule has 0 fully saturated rings. The van der Waals surface area contributed by atoms with Crippen LogP contribution in [-0.2, 0) is 14.1 Å². The van der Waals surface area contributed by atoms with Gasteiger partial charge in [0.05, 0.1) is 15.6 Å². The summed E-state index contributed by atoms with van der Waals surface area (Å²) in [5.74, 6) is -0.0599. The van der Waals surface area contributed by atoms with E-state index < -0.39 is 17.1 Å². The fraction of sp³-hybridized carbons (Fsp3) is 0.0870. The van der Waals surface area contributed by atoms with E-state index in [4.69, 9.17) is 0 Å². The number of nitrogens with zero attached hydrogens (tertiary/aromatic N) is 5. The quantitative estimate of drug-likeness (QED) is 0.509. The van der Waals surface area contributed by atoms with Gasteiger partial charge in [-0.05, 0) is 30.4 Å². The summed E-state index contributed by atoms with van der Waals surface area (Å²) in [5.41, 5.74) is 0.124. The average molecular weight is 443 g/mol. The van der Waals surface area contributed by atoms with Crippen molar-refractivity contribution in [3.8, 4) is 5.88 Å². The van der Waals surface area contributed by atoms with E-state index in [1.165, 1.54) is 31.5 Å². The zero-order valence-electron chi connectivity index (χ0n) is 17.2. The lowest BCUT2D eigenvalue weighted by atomic mass is 10.1. The molecule has 0 atom stereocenters. The van der Waals surface area contributed by atoms with Gasteiger partial charge in [0.15, 0.2) is 5.84 Å². The minimum atomic E-state index is -0.610. The first-order valence-electron chi connectivity index (χ1n) is 9.73. The van der Waals surface area contributed by atoms with Gasteiger partial charge in [0.1, 0.15) is 5.56 Å². The van der Waals surface area contributed by atoms with Gasteiger partial charge in [-0.25, -0.2) is 14.8 Å². The van der Waals surface area contributed by atoms with Crippen LogP contribution in [0.25, 0.3) is 22.4 Å². The number of fused-ring (bicyclic) bond motifs is 2. The van der Waals surface area contributed by atoms with Gasteiger partial charge >= 0.3 is 5.69 Å². The monoisotopic (exact) mass is 443 g/mol. The largest absolute Gasteiger partial charge is 0.494 e. The lowest BCUT2D eigenvalue weighted by Gasteiger charge is -2.10. The zero-order chi connectivity index (χ0) is 22.4. The molecule has 0 unspecified atom stereocenters. The molecule has 0 amide bonds. The maximum Gasteiger partial charge on any atom is 0.333 e. The van der Waals surface area contributed by atoms with Crippen molar-refractivity contribution < 1.29 is 5.11 Å². The molecule has 1 aliphatic heterocycles. The summed E-state index contributed by atoms with van der Waals surface area (Å²) < 4.78 is 2.97. The Labute approximate surface area is 185 Å². The summed E-state index contributed by atoms with van der Waals surface area (Å²) in [4.78, 5) is 38.7. The van der Waals surface area contributed by atoms with E-state index in [-0.39, 0.29) is 5.56 Å². The number of hydrogen-bond donors (Lipinski definition) is 1. The van der Waals surface area contributed by atoms with Gasteiger partial charge in [-0.2, -0.15) is 4.99 Å².